The van der Waals surface area contributed by atoms with Crippen molar-refractivity contribution >= 4 is 40.6 Å². The van der Waals surface area contributed by atoms with Crippen molar-refractivity contribution in [2.75, 3.05) is 7.05 Å². The minimum atomic E-state index is -0.413. The fraction of sp³-hybridized carbons (Fsp3) is 0.158. The predicted molar refractivity (Wildman–Crippen MR) is 104 cm³/mol. The summed E-state index contributed by atoms with van der Waals surface area (Å²) < 4.78 is 6.82. The fourth-order valence-corrected chi connectivity index (χ4v) is 3.17. The topological polar surface area (TPSA) is 58.6 Å². The highest BCUT2D eigenvalue weighted by Gasteiger charge is 2.29. The molecule has 0 radical (unpaired) electrons. The van der Waals surface area contributed by atoms with E-state index in [4.69, 9.17) is 4.74 Å². The average Bonchev–Trinajstić information content (AvgIpc) is 2.81. The van der Waals surface area contributed by atoms with Crippen molar-refractivity contribution < 1.29 is 14.3 Å². The highest BCUT2D eigenvalue weighted by Crippen LogP contribution is 2.25. The van der Waals surface area contributed by atoms with Gasteiger partial charge in [0.2, 0.25) is 0 Å². The molecule has 1 N–H and O–H groups in total. The normalized spacial score (nSPS) is 15.6. The number of carbonyl (C=O) groups excluding carboxylic acids is 2. The third-order valence-electron chi connectivity index (χ3n) is 3.83. The van der Waals surface area contributed by atoms with Crippen molar-refractivity contribution in [2.45, 2.75) is 13.5 Å². The van der Waals surface area contributed by atoms with Gasteiger partial charge in [-0.25, -0.2) is 4.79 Å². The van der Waals surface area contributed by atoms with Crippen LogP contribution in [0, 0.1) is 10.5 Å². The maximum absolute atomic E-state index is 11.9. The molecule has 0 aromatic heterocycles. The zero-order valence-electron chi connectivity index (χ0n) is 13.9. The average molecular weight is 448 g/mol. The SMILES string of the molecule is Cc1cccc(COc2ccc(/C=C3/NC(=O)N(C)C3=O)cc2I)c1. The number of hydrogen-bond acceptors (Lipinski definition) is 3. The molecule has 2 aromatic rings. The smallest absolute Gasteiger partial charge is 0.328 e. The number of imide groups is 1. The fourth-order valence-electron chi connectivity index (χ4n) is 2.48. The molecule has 1 aliphatic heterocycles. The molecular formula is C19H17IN2O3. The monoisotopic (exact) mass is 448 g/mol. The van der Waals surface area contributed by atoms with E-state index in [1.165, 1.54) is 12.6 Å². The summed E-state index contributed by atoms with van der Waals surface area (Å²) in [5.41, 5.74) is 3.42. The Morgan fingerprint density at radius 1 is 1.20 bits per heavy atom. The molecule has 0 atom stereocenters. The van der Waals surface area contributed by atoms with Gasteiger partial charge in [-0.2, -0.15) is 0 Å². The quantitative estimate of drug-likeness (QED) is 0.441. The number of benzene rings is 2. The van der Waals surface area contributed by atoms with E-state index in [0.29, 0.717) is 6.61 Å². The van der Waals surface area contributed by atoms with E-state index in [1.807, 2.05) is 30.3 Å². The lowest BCUT2D eigenvalue weighted by Crippen LogP contribution is -2.25. The zero-order chi connectivity index (χ0) is 18.0. The summed E-state index contributed by atoms with van der Waals surface area (Å²) in [6, 6.07) is 13.4. The van der Waals surface area contributed by atoms with Crippen LogP contribution in [0.2, 0.25) is 0 Å². The van der Waals surface area contributed by atoms with Crippen LogP contribution in [0.3, 0.4) is 0 Å². The third-order valence-corrected chi connectivity index (χ3v) is 4.67. The molecule has 6 heteroatoms. The first-order chi connectivity index (χ1) is 11.9. The molecule has 25 heavy (non-hydrogen) atoms. The van der Waals surface area contributed by atoms with Crippen LogP contribution in [-0.4, -0.2) is 23.9 Å². The van der Waals surface area contributed by atoms with Gasteiger partial charge in [-0.15, -0.1) is 0 Å². The first kappa shape index (κ1) is 17.5. The van der Waals surface area contributed by atoms with Gasteiger partial charge in [-0.05, 0) is 58.9 Å². The van der Waals surface area contributed by atoms with E-state index in [0.717, 1.165) is 25.3 Å². The van der Waals surface area contributed by atoms with Crippen molar-refractivity contribution in [1.82, 2.24) is 10.2 Å². The second-order valence-electron chi connectivity index (χ2n) is 5.82. The minimum absolute atomic E-state index is 0.275. The van der Waals surface area contributed by atoms with Crippen LogP contribution in [-0.2, 0) is 11.4 Å². The number of nitrogens with zero attached hydrogens (tertiary/aromatic N) is 1. The largest absolute Gasteiger partial charge is 0.488 e. The van der Waals surface area contributed by atoms with Crippen LogP contribution < -0.4 is 10.1 Å². The molecule has 2 aromatic carbocycles. The second kappa shape index (κ2) is 7.26. The molecule has 0 saturated carbocycles. The molecule has 5 nitrogen and oxygen atoms in total. The number of likely N-dealkylation sites (N-methyl/N-ethyl adjacent to an activating group) is 1. The van der Waals surface area contributed by atoms with Crippen molar-refractivity contribution in [3.8, 4) is 5.75 Å². The number of ether oxygens (including phenoxy) is 1. The van der Waals surface area contributed by atoms with E-state index in [-0.39, 0.29) is 11.6 Å². The van der Waals surface area contributed by atoms with Gasteiger partial charge in [0.05, 0.1) is 3.57 Å². The summed E-state index contributed by atoms with van der Waals surface area (Å²) in [4.78, 5) is 24.4. The molecule has 0 unspecified atom stereocenters. The van der Waals surface area contributed by atoms with Crippen molar-refractivity contribution in [3.63, 3.8) is 0 Å². The number of aryl methyl sites for hydroxylation is 1. The first-order valence-corrected chi connectivity index (χ1v) is 8.80. The standard InChI is InChI=1S/C19H17IN2O3/c1-12-4-3-5-14(8-12)11-25-17-7-6-13(9-15(17)20)10-16-18(23)22(2)19(24)21-16/h3-10H,11H2,1-2H3,(H,21,24)/b16-10+. The third kappa shape index (κ3) is 4.01. The van der Waals surface area contributed by atoms with E-state index in [2.05, 4.69) is 47.0 Å². The van der Waals surface area contributed by atoms with Crippen LogP contribution in [0.25, 0.3) is 6.08 Å². The van der Waals surface area contributed by atoms with E-state index < -0.39 is 6.03 Å². The molecule has 1 saturated heterocycles. The van der Waals surface area contributed by atoms with E-state index in [9.17, 15) is 9.59 Å². The molecule has 3 amide bonds. The maximum atomic E-state index is 11.9. The molecule has 0 spiro atoms. The summed E-state index contributed by atoms with van der Waals surface area (Å²) in [7, 11) is 1.45. The van der Waals surface area contributed by atoms with E-state index in [1.54, 1.807) is 6.08 Å². The summed E-state index contributed by atoms with van der Waals surface area (Å²) in [5, 5.41) is 2.55. The Bertz CT molecular complexity index is 877. The highest BCUT2D eigenvalue weighted by molar-refractivity contribution is 14.1. The molecule has 128 valence electrons. The van der Waals surface area contributed by atoms with Gasteiger partial charge < -0.3 is 10.1 Å². The Balaban J connectivity index is 1.73. The van der Waals surface area contributed by atoms with Gasteiger partial charge >= 0.3 is 6.03 Å². The van der Waals surface area contributed by atoms with E-state index >= 15 is 0 Å². The number of rotatable bonds is 4. The number of urea groups is 1. The predicted octanol–water partition coefficient (Wildman–Crippen LogP) is 3.70. The number of carbonyl (C=O) groups is 2. The van der Waals surface area contributed by atoms with Gasteiger partial charge in [0, 0.05) is 7.05 Å². The first-order valence-electron chi connectivity index (χ1n) is 7.72. The summed E-state index contributed by atoms with van der Waals surface area (Å²) in [6.45, 7) is 2.55. The number of amides is 3. The van der Waals surface area contributed by atoms with Gasteiger partial charge in [-0.3, -0.25) is 9.69 Å². The van der Waals surface area contributed by atoms with Crippen LogP contribution in [0.4, 0.5) is 4.79 Å². The number of hydrogen-bond donors (Lipinski definition) is 1. The zero-order valence-corrected chi connectivity index (χ0v) is 16.0. The molecule has 1 aliphatic rings. The summed E-state index contributed by atoms with van der Waals surface area (Å²) in [5.74, 6) is 0.447. The van der Waals surface area contributed by atoms with Crippen molar-refractivity contribution in [2.24, 2.45) is 0 Å². The number of halogens is 1. The maximum Gasteiger partial charge on any atom is 0.328 e. The van der Waals surface area contributed by atoms with Gasteiger partial charge in [0.1, 0.15) is 18.1 Å². The lowest BCUT2D eigenvalue weighted by Gasteiger charge is -2.09. The Morgan fingerprint density at radius 2 is 2.00 bits per heavy atom. The molecule has 3 rings (SSSR count). The summed E-state index contributed by atoms with van der Waals surface area (Å²) >= 11 is 2.20. The van der Waals surface area contributed by atoms with Gasteiger partial charge in [0.25, 0.3) is 5.91 Å². The molecular weight excluding hydrogens is 431 g/mol. The molecule has 1 heterocycles. The Hall–Kier alpha value is -2.35. The van der Waals surface area contributed by atoms with Crippen molar-refractivity contribution in [1.29, 1.82) is 0 Å². The summed E-state index contributed by atoms with van der Waals surface area (Å²) in [6.07, 6.45) is 1.66. The second-order valence-corrected chi connectivity index (χ2v) is 6.98. The van der Waals surface area contributed by atoms with Gasteiger partial charge in [-0.1, -0.05) is 35.9 Å². The van der Waals surface area contributed by atoms with Crippen molar-refractivity contribution in [3.05, 3.63) is 68.4 Å². The Labute approximate surface area is 159 Å². The lowest BCUT2D eigenvalue weighted by atomic mass is 10.1. The molecule has 1 fully saturated rings. The molecule has 0 bridgehead atoms. The van der Waals surface area contributed by atoms with Crippen LogP contribution in [0.5, 0.6) is 5.75 Å². The highest BCUT2D eigenvalue weighted by atomic mass is 127. The number of nitrogens with one attached hydrogen (secondary N) is 1. The minimum Gasteiger partial charge on any atom is -0.488 e. The van der Waals surface area contributed by atoms with Gasteiger partial charge in [0.15, 0.2) is 0 Å². The Morgan fingerprint density at radius 3 is 2.64 bits per heavy atom. The Kier molecular flexibility index (Phi) is 5.08. The van der Waals surface area contributed by atoms with Crippen LogP contribution in [0.1, 0.15) is 16.7 Å². The lowest BCUT2D eigenvalue weighted by molar-refractivity contribution is -0.121. The van der Waals surface area contributed by atoms with Crippen LogP contribution >= 0.6 is 22.6 Å². The van der Waals surface area contributed by atoms with Crippen LogP contribution in [0.15, 0.2) is 48.2 Å². The molecule has 0 aliphatic carbocycles.